The number of rotatable bonds is 1. The lowest BCUT2D eigenvalue weighted by Crippen LogP contribution is -2.20. The van der Waals surface area contributed by atoms with Crippen molar-refractivity contribution in [1.82, 2.24) is 0 Å². The van der Waals surface area contributed by atoms with Crippen molar-refractivity contribution in [3.63, 3.8) is 0 Å². The average Bonchev–Trinajstić information content (AvgIpc) is 2.74. The quantitative estimate of drug-likeness (QED) is 0.569. The van der Waals surface area contributed by atoms with Crippen LogP contribution >= 0.6 is 0 Å². The van der Waals surface area contributed by atoms with Gasteiger partial charge in [0.2, 0.25) is 0 Å². The summed E-state index contributed by atoms with van der Waals surface area (Å²) in [7, 11) is 0. The Morgan fingerprint density at radius 2 is 1.67 bits per heavy atom. The second-order valence-corrected chi connectivity index (χ2v) is 5.98. The van der Waals surface area contributed by atoms with Crippen molar-refractivity contribution in [2.24, 2.45) is 5.92 Å². The summed E-state index contributed by atoms with van der Waals surface area (Å²) < 4.78 is 0. The molecule has 0 nitrogen and oxygen atoms in total. The molecule has 0 bridgehead atoms. The molecule has 2 aromatic carbocycles. The minimum Gasteiger partial charge on any atom is -0.0625 e. The predicted octanol–water partition coefficient (Wildman–Crippen LogP) is 4.77. The van der Waals surface area contributed by atoms with Crippen LogP contribution in [0, 0.1) is 5.92 Å². The van der Waals surface area contributed by atoms with Crippen LogP contribution in [0.3, 0.4) is 0 Å². The smallest absolute Gasteiger partial charge is 0.00106 e. The van der Waals surface area contributed by atoms with E-state index >= 15 is 0 Å². The minimum absolute atomic E-state index is 0.823. The SMILES string of the molecule is CC1CC(c2cccc3c2Cc2ccccc2-3)C1. The molecule has 0 unspecified atom stereocenters. The van der Waals surface area contributed by atoms with Gasteiger partial charge in [-0.2, -0.15) is 0 Å². The van der Waals surface area contributed by atoms with Gasteiger partial charge in [0.1, 0.15) is 0 Å². The first-order valence-electron chi connectivity index (χ1n) is 7.03. The molecule has 1 saturated carbocycles. The topological polar surface area (TPSA) is 0 Å². The van der Waals surface area contributed by atoms with Crippen molar-refractivity contribution in [3.8, 4) is 11.1 Å². The second-order valence-electron chi connectivity index (χ2n) is 5.98. The van der Waals surface area contributed by atoms with Gasteiger partial charge >= 0.3 is 0 Å². The van der Waals surface area contributed by atoms with Crippen LogP contribution in [0.4, 0.5) is 0 Å². The molecular formula is C18H18. The Morgan fingerprint density at radius 3 is 2.50 bits per heavy atom. The van der Waals surface area contributed by atoms with Gasteiger partial charge in [-0.15, -0.1) is 0 Å². The van der Waals surface area contributed by atoms with E-state index in [1.807, 2.05) is 0 Å². The highest BCUT2D eigenvalue weighted by Gasteiger charge is 2.31. The maximum Gasteiger partial charge on any atom is -0.00106 e. The van der Waals surface area contributed by atoms with Crippen LogP contribution in [0.15, 0.2) is 42.5 Å². The number of benzene rings is 2. The van der Waals surface area contributed by atoms with Gasteiger partial charge in [0.15, 0.2) is 0 Å². The highest BCUT2D eigenvalue weighted by atomic mass is 14.3. The number of hydrogen-bond donors (Lipinski definition) is 0. The molecule has 4 rings (SSSR count). The van der Waals surface area contributed by atoms with Gasteiger partial charge in [-0.3, -0.25) is 0 Å². The summed E-state index contributed by atoms with van der Waals surface area (Å²) in [4.78, 5) is 0. The van der Waals surface area contributed by atoms with Crippen LogP contribution < -0.4 is 0 Å². The van der Waals surface area contributed by atoms with Crippen molar-refractivity contribution in [2.75, 3.05) is 0 Å². The van der Waals surface area contributed by atoms with Crippen molar-refractivity contribution < 1.29 is 0 Å². The zero-order chi connectivity index (χ0) is 12.1. The molecule has 18 heavy (non-hydrogen) atoms. The maximum atomic E-state index is 2.37. The molecule has 0 amide bonds. The molecule has 0 spiro atoms. The molecule has 2 aliphatic rings. The molecular weight excluding hydrogens is 216 g/mol. The Kier molecular flexibility index (Phi) is 2.14. The Hall–Kier alpha value is -1.56. The zero-order valence-corrected chi connectivity index (χ0v) is 10.8. The van der Waals surface area contributed by atoms with Crippen LogP contribution in [0.1, 0.15) is 42.4 Å². The Labute approximate surface area is 109 Å². The number of hydrogen-bond acceptors (Lipinski definition) is 0. The minimum atomic E-state index is 0.823. The first kappa shape index (κ1) is 10.4. The molecule has 0 N–H and O–H groups in total. The molecule has 2 aromatic rings. The van der Waals surface area contributed by atoms with E-state index in [2.05, 4.69) is 49.4 Å². The van der Waals surface area contributed by atoms with E-state index in [0.29, 0.717) is 0 Å². The first-order valence-corrected chi connectivity index (χ1v) is 7.03. The number of fused-ring (bicyclic) bond motifs is 3. The summed E-state index contributed by atoms with van der Waals surface area (Å²) in [5, 5.41) is 0. The second kappa shape index (κ2) is 3.71. The highest BCUT2D eigenvalue weighted by Crippen LogP contribution is 2.47. The van der Waals surface area contributed by atoms with E-state index in [1.54, 1.807) is 11.1 Å². The summed E-state index contributed by atoms with van der Waals surface area (Å²) in [5.74, 6) is 1.75. The third-order valence-electron chi connectivity index (χ3n) is 4.70. The van der Waals surface area contributed by atoms with E-state index in [9.17, 15) is 0 Å². The molecule has 90 valence electrons. The normalized spacial score (nSPS) is 24.3. The van der Waals surface area contributed by atoms with Crippen molar-refractivity contribution in [2.45, 2.75) is 32.1 Å². The fourth-order valence-corrected chi connectivity index (χ4v) is 3.72. The van der Waals surface area contributed by atoms with E-state index in [1.165, 1.54) is 29.5 Å². The van der Waals surface area contributed by atoms with E-state index < -0.39 is 0 Å². The standard InChI is InChI=1S/C18H18/c1-12-9-14(10-12)16-7-4-8-17-15-6-3-2-5-13(15)11-18(16)17/h2-8,12,14H,9-11H2,1H3. The lowest BCUT2D eigenvalue weighted by Gasteiger charge is -2.34. The fraction of sp³-hybridized carbons (Fsp3) is 0.333. The van der Waals surface area contributed by atoms with E-state index in [4.69, 9.17) is 0 Å². The lowest BCUT2D eigenvalue weighted by atomic mass is 9.71. The molecule has 0 aliphatic heterocycles. The van der Waals surface area contributed by atoms with Gasteiger partial charge in [0.25, 0.3) is 0 Å². The molecule has 0 radical (unpaired) electrons. The predicted molar refractivity (Wildman–Crippen MR) is 75.8 cm³/mol. The fourth-order valence-electron chi connectivity index (χ4n) is 3.72. The van der Waals surface area contributed by atoms with Crippen molar-refractivity contribution in [3.05, 3.63) is 59.2 Å². The summed E-state index contributed by atoms with van der Waals surface area (Å²) in [6.45, 7) is 2.37. The van der Waals surface area contributed by atoms with Gasteiger partial charge in [-0.05, 0) is 58.9 Å². The van der Waals surface area contributed by atoms with Crippen LogP contribution in [0.2, 0.25) is 0 Å². The molecule has 0 heteroatoms. The van der Waals surface area contributed by atoms with Crippen LogP contribution in [0.5, 0.6) is 0 Å². The van der Waals surface area contributed by atoms with Gasteiger partial charge in [-0.25, -0.2) is 0 Å². The monoisotopic (exact) mass is 234 g/mol. The van der Waals surface area contributed by atoms with Gasteiger partial charge in [0.05, 0.1) is 0 Å². The lowest BCUT2D eigenvalue weighted by molar-refractivity contribution is 0.287. The van der Waals surface area contributed by atoms with Crippen LogP contribution in [-0.4, -0.2) is 0 Å². The molecule has 0 atom stereocenters. The first-order chi connectivity index (χ1) is 8.83. The summed E-state index contributed by atoms with van der Waals surface area (Å²) in [6.07, 6.45) is 3.91. The Bertz CT molecular complexity index is 603. The Balaban J connectivity index is 1.82. The summed E-state index contributed by atoms with van der Waals surface area (Å²) in [5.41, 5.74) is 7.69. The summed E-state index contributed by atoms with van der Waals surface area (Å²) in [6, 6.07) is 15.8. The van der Waals surface area contributed by atoms with Gasteiger partial charge in [0, 0.05) is 0 Å². The Morgan fingerprint density at radius 1 is 0.889 bits per heavy atom. The average molecular weight is 234 g/mol. The molecule has 0 saturated heterocycles. The van der Waals surface area contributed by atoms with E-state index in [0.717, 1.165) is 18.3 Å². The van der Waals surface area contributed by atoms with E-state index in [-0.39, 0.29) is 0 Å². The van der Waals surface area contributed by atoms with Gasteiger partial charge in [-0.1, -0.05) is 49.4 Å². The largest absolute Gasteiger partial charge is 0.0625 e. The zero-order valence-electron chi connectivity index (χ0n) is 10.8. The third kappa shape index (κ3) is 1.38. The highest BCUT2D eigenvalue weighted by molar-refractivity contribution is 5.78. The molecule has 1 fully saturated rings. The molecule has 0 heterocycles. The van der Waals surface area contributed by atoms with Crippen molar-refractivity contribution in [1.29, 1.82) is 0 Å². The van der Waals surface area contributed by atoms with Crippen LogP contribution in [-0.2, 0) is 6.42 Å². The van der Waals surface area contributed by atoms with Gasteiger partial charge < -0.3 is 0 Å². The van der Waals surface area contributed by atoms with Crippen molar-refractivity contribution >= 4 is 0 Å². The molecule has 0 aromatic heterocycles. The van der Waals surface area contributed by atoms with Crippen LogP contribution in [0.25, 0.3) is 11.1 Å². The maximum absolute atomic E-state index is 2.37. The molecule has 2 aliphatic carbocycles. The summed E-state index contributed by atoms with van der Waals surface area (Å²) >= 11 is 0. The third-order valence-corrected chi connectivity index (χ3v) is 4.70.